The van der Waals surface area contributed by atoms with Crippen LogP contribution in [0.25, 0.3) is 11.4 Å². The van der Waals surface area contributed by atoms with Crippen molar-refractivity contribution >= 4 is 21.8 Å². The summed E-state index contributed by atoms with van der Waals surface area (Å²) in [5, 5.41) is 8.96. The predicted octanol–water partition coefficient (Wildman–Crippen LogP) is 3.81. The zero-order valence-electron chi connectivity index (χ0n) is 16.1. The van der Waals surface area contributed by atoms with Gasteiger partial charge < -0.3 is 0 Å². The van der Waals surface area contributed by atoms with Crippen LogP contribution in [0.15, 0.2) is 71.2 Å². The zero-order chi connectivity index (χ0) is 21.0. The normalized spacial score (nSPS) is 11.7. The average Bonchev–Trinajstić information content (AvgIpc) is 3.09. The average molecular weight is 433 g/mol. The summed E-state index contributed by atoms with van der Waals surface area (Å²) in [6.45, 7) is 4.18. The molecule has 0 aliphatic rings. The Kier molecular flexibility index (Phi) is 6.51. The van der Waals surface area contributed by atoms with E-state index in [0.717, 1.165) is 5.56 Å². The molecular formula is C20H21FN4O2S2. The summed E-state index contributed by atoms with van der Waals surface area (Å²) in [6, 6.07) is 13.2. The van der Waals surface area contributed by atoms with Crippen LogP contribution in [0.5, 0.6) is 0 Å². The minimum Gasteiger partial charge on any atom is -0.298 e. The summed E-state index contributed by atoms with van der Waals surface area (Å²) in [4.78, 5) is 0.236. The minimum atomic E-state index is -3.50. The standard InChI is InChI=1S/C20H21FN4O2S2/c1-4-12-25-19(17-10-5-6-11-18(17)21)22-23-20(25)28-14-15-8-7-9-16(13-15)29(26,27)24(2)3/h4-11,13H,1,12,14H2,2-3H3. The van der Waals surface area contributed by atoms with Crippen LogP contribution in [0.2, 0.25) is 0 Å². The number of benzene rings is 2. The van der Waals surface area contributed by atoms with Gasteiger partial charge in [0.2, 0.25) is 10.0 Å². The van der Waals surface area contributed by atoms with Gasteiger partial charge in [-0.15, -0.1) is 16.8 Å². The molecule has 0 atom stereocenters. The fraction of sp³-hybridized carbons (Fsp3) is 0.200. The summed E-state index contributed by atoms with van der Waals surface area (Å²) < 4.78 is 41.8. The summed E-state index contributed by atoms with van der Waals surface area (Å²) in [5.74, 6) is 0.543. The van der Waals surface area contributed by atoms with E-state index in [0.29, 0.717) is 28.8 Å². The molecule has 0 fully saturated rings. The molecule has 2 aromatic carbocycles. The highest BCUT2D eigenvalue weighted by Gasteiger charge is 2.19. The van der Waals surface area contributed by atoms with Crippen LogP contribution in [0.4, 0.5) is 4.39 Å². The lowest BCUT2D eigenvalue weighted by Crippen LogP contribution is -2.22. The Morgan fingerprint density at radius 1 is 1.17 bits per heavy atom. The van der Waals surface area contributed by atoms with Crippen molar-refractivity contribution in [3.63, 3.8) is 0 Å². The first-order chi connectivity index (χ1) is 13.8. The number of thioether (sulfide) groups is 1. The van der Waals surface area contributed by atoms with Gasteiger partial charge in [-0.1, -0.05) is 42.1 Å². The molecule has 3 rings (SSSR count). The molecule has 0 radical (unpaired) electrons. The van der Waals surface area contributed by atoms with Crippen LogP contribution in [-0.4, -0.2) is 41.6 Å². The highest BCUT2D eigenvalue weighted by atomic mass is 32.2. The molecule has 0 amide bonds. The highest BCUT2D eigenvalue weighted by Crippen LogP contribution is 2.28. The Morgan fingerprint density at radius 2 is 1.93 bits per heavy atom. The first-order valence-electron chi connectivity index (χ1n) is 8.78. The number of hydrogen-bond acceptors (Lipinski definition) is 5. The molecule has 0 aliphatic heterocycles. The van der Waals surface area contributed by atoms with Gasteiger partial charge in [-0.3, -0.25) is 4.57 Å². The fourth-order valence-corrected chi connectivity index (χ4v) is 4.55. The van der Waals surface area contributed by atoms with Gasteiger partial charge in [0.05, 0.1) is 10.5 Å². The molecule has 0 saturated heterocycles. The Labute approximate surface area is 174 Å². The van der Waals surface area contributed by atoms with E-state index < -0.39 is 10.0 Å². The van der Waals surface area contributed by atoms with Crippen molar-refractivity contribution in [1.82, 2.24) is 19.1 Å². The van der Waals surface area contributed by atoms with Gasteiger partial charge in [0, 0.05) is 26.4 Å². The predicted molar refractivity (Wildman–Crippen MR) is 112 cm³/mol. The van der Waals surface area contributed by atoms with Gasteiger partial charge in [-0.2, -0.15) is 0 Å². The van der Waals surface area contributed by atoms with Crippen LogP contribution in [0.1, 0.15) is 5.56 Å². The molecule has 0 bridgehead atoms. The monoisotopic (exact) mass is 432 g/mol. The van der Waals surface area contributed by atoms with Gasteiger partial charge in [-0.25, -0.2) is 17.1 Å². The largest absolute Gasteiger partial charge is 0.298 e. The van der Waals surface area contributed by atoms with Gasteiger partial charge >= 0.3 is 0 Å². The van der Waals surface area contributed by atoms with Crippen molar-refractivity contribution < 1.29 is 12.8 Å². The molecule has 1 heterocycles. The maximum Gasteiger partial charge on any atom is 0.242 e. The molecule has 0 spiro atoms. The fourth-order valence-electron chi connectivity index (χ4n) is 2.69. The Balaban J connectivity index is 1.87. The van der Waals surface area contributed by atoms with Gasteiger partial charge in [0.15, 0.2) is 11.0 Å². The van der Waals surface area contributed by atoms with Crippen molar-refractivity contribution in [2.75, 3.05) is 14.1 Å². The molecule has 152 valence electrons. The van der Waals surface area contributed by atoms with E-state index in [1.165, 1.54) is 36.2 Å². The molecule has 9 heteroatoms. The molecule has 0 saturated carbocycles. The topological polar surface area (TPSA) is 68.1 Å². The summed E-state index contributed by atoms with van der Waals surface area (Å²) in [6.07, 6.45) is 1.70. The summed E-state index contributed by atoms with van der Waals surface area (Å²) in [5.41, 5.74) is 1.20. The number of nitrogens with zero attached hydrogens (tertiary/aromatic N) is 4. The van der Waals surface area contributed by atoms with E-state index in [-0.39, 0.29) is 10.7 Å². The Morgan fingerprint density at radius 3 is 2.62 bits per heavy atom. The number of hydrogen-bond donors (Lipinski definition) is 0. The quantitative estimate of drug-likeness (QED) is 0.400. The molecule has 6 nitrogen and oxygen atoms in total. The molecule has 3 aromatic rings. The second-order valence-corrected chi connectivity index (χ2v) is 9.50. The Hall–Kier alpha value is -2.49. The number of halogens is 1. The van der Waals surface area contributed by atoms with E-state index >= 15 is 0 Å². The first kappa shape index (κ1) is 21.2. The van der Waals surface area contributed by atoms with Crippen molar-refractivity contribution in [2.45, 2.75) is 22.3 Å². The number of allylic oxidation sites excluding steroid dienone is 1. The van der Waals surface area contributed by atoms with E-state index in [1.54, 1.807) is 47.0 Å². The molecule has 0 aliphatic carbocycles. The number of rotatable bonds is 8. The summed E-state index contributed by atoms with van der Waals surface area (Å²) in [7, 11) is -0.502. The van der Waals surface area contributed by atoms with Crippen LogP contribution >= 0.6 is 11.8 Å². The second kappa shape index (κ2) is 8.89. The van der Waals surface area contributed by atoms with Crippen molar-refractivity contribution in [3.05, 3.63) is 72.6 Å². The van der Waals surface area contributed by atoms with E-state index in [1.807, 2.05) is 6.07 Å². The van der Waals surface area contributed by atoms with Gasteiger partial charge in [-0.05, 0) is 29.8 Å². The van der Waals surface area contributed by atoms with Crippen LogP contribution < -0.4 is 0 Å². The van der Waals surface area contributed by atoms with Crippen LogP contribution in [-0.2, 0) is 22.3 Å². The summed E-state index contributed by atoms with van der Waals surface area (Å²) >= 11 is 1.40. The molecule has 29 heavy (non-hydrogen) atoms. The lowest BCUT2D eigenvalue weighted by atomic mass is 10.2. The molecule has 1 aromatic heterocycles. The maximum absolute atomic E-state index is 14.2. The zero-order valence-corrected chi connectivity index (χ0v) is 17.8. The lowest BCUT2D eigenvalue weighted by Gasteiger charge is -2.12. The highest BCUT2D eigenvalue weighted by molar-refractivity contribution is 7.98. The number of sulfonamides is 1. The van der Waals surface area contributed by atoms with Gasteiger partial charge in [0.25, 0.3) is 0 Å². The lowest BCUT2D eigenvalue weighted by molar-refractivity contribution is 0.520. The third-order valence-electron chi connectivity index (χ3n) is 4.19. The van der Waals surface area contributed by atoms with Crippen LogP contribution in [0.3, 0.4) is 0 Å². The van der Waals surface area contributed by atoms with Gasteiger partial charge in [0.1, 0.15) is 5.82 Å². The van der Waals surface area contributed by atoms with E-state index in [4.69, 9.17) is 0 Å². The van der Waals surface area contributed by atoms with E-state index in [2.05, 4.69) is 16.8 Å². The van der Waals surface area contributed by atoms with E-state index in [9.17, 15) is 12.8 Å². The smallest absolute Gasteiger partial charge is 0.242 e. The third-order valence-corrected chi connectivity index (χ3v) is 7.04. The minimum absolute atomic E-state index is 0.236. The molecule has 0 N–H and O–H groups in total. The second-order valence-electron chi connectivity index (χ2n) is 6.41. The Bertz CT molecular complexity index is 1130. The molecule has 0 unspecified atom stereocenters. The number of aromatic nitrogens is 3. The maximum atomic E-state index is 14.2. The SMILES string of the molecule is C=CCn1c(SCc2cccc(S(=O)(=O)N(C)C)c2)nnc1-c1ccccc1F. The first-order valence-corrected chi connectivity index (χ1v) is 11.2. The van der Waals surface area contributed by atoms with Crippen LogP contribution in [0, 0.1) is 5.82 Å². The third kappa shape index (κ3) is 4.58. The van der Waals surface area contributed by atoms with Crippen molar-refractivity contribution in [1.29, 1.82) is 0 Å². The van der Waals surface area contributed by atoms with Crippen molar-refractivity contribution in [3.8, 4) is 11.4 Å². The van der Waals surface area contributed by atoms with Crippen molar-refractivity contribution in [2.24, 2.45) is 0 Å². The molecular weight excluding hydrogens is 411 g/mol.